The third-order valence-corrected chi connectivity index (χ3v) is 1.89. The van der Waals surface area contributed by atoms with Crippen molar-refractivity contribution < 1.29 is 14.3 Å². The van der Waals surface area contributed by atoms with Crippen molar-refractivity contribution >= 4 is 11.7 Å². The highest BCUT2D eigenvalue weighted by molar-refractivity contribution is 5.74. The summed E-state index contributed by atoms with van der Waals surface area (Å²) in [5.74, 6) is 0.707. The molecule has 0 unspecified atom stereocenters. The number of anilines is 1. The lowest BCUT2D eigenvalue weighted by Gasteiger charge is -2.07. The molecule has 0 atom stereocenters. The number of aromatic nitrogens is 2. The van der Waals surface area contributed by atoms with E-state index in [4.69, 9.17) is 15.2 Å². The summed E-state index contributed by atoms with van der Waals surface area (Å²) >= 11 is 0. The molecule has 0 fully saturated rings. The van der Waals surface area contributed by atoms with Crippen molar-refractivity contribution in [1.82, 2.24) is 9.97 Å². The van der Waals surface area contributed by atoms with E-state index in [2.05, 4.69) is 15.3 Å². The Labute approximate surface area is 106 Å². The smallest absolute Gasteiger partial charge is 0.243 e. The third kappa shape index (κ3) is 6.00. The maximum atomic E-state index is 10.4. The van der Waals surface area contributed by atoms with Gasteiger partial charge in [0.15, 0.2) is 0 Å². The van der Waals surface area contributed by atoms with E-state index in [9.17, 15) is 4.79 Å². The van der Waals surface area contributed by atoms with Crippen molar-refractivity contribution in [3.8, 4) is 5.88 Å². The van der Waals surface area contributed by atoms with Crippen LogP contribution in [0.1, 0.15) is 13.3 Å². The lowest BCUT2D eigenvalue weighted by Crippen LogP contribution is -2.20. The molecular weight excluding hydrogens is 236 g/mol. The fourth-order valence-electron chi connectivity index (χ4n) is 1.15. The van der Waals surface area contributed by atoms with Crippen LogP contribution in [0.25, 0.3) is 0 Å². The van der Waals surface area contributed by atoms with Crippen LogP contribution in [0.5, 0.6) is 5.88 Å². The largest absolute Gasteiger partial charge is 0.478 e. The molecule has 1 amide bonds. The van der Waals surface area contributed by atoms with Gasteiger partial charge in [-0.3, -0.25) is 4.79 Å². The van der Waals surface area contributed by atoms with Gasteiger partial charge in [-0.2, -0.15) is 0 Å². The molecule has 1 rings (SSSR count). The van der Waals surface area contributed by atoms with Gasteiger partial charge in [0.2, 0.25) is 11.8 Å². The van der Waals surface area contributed by atoms with Crippen LogP contribution in [0.3, 0.4) is 0 Å². The first-order valence-corrected chi connectivity index (χ1v) is 5.77. The summed E-state index contributed by atoms with van der Waals surface area (Å²) in [6, 6.07) is 1.71. The second-order valence-electron chi connectivity index (χ2n) is 3.54. The summed E-state index contributed by atoms with van der Waals surface area (Å²) in [4.78, 5) is 18.4. The predicted octanol–water partition coefficient (Wildman–Crippen LogP) is 0.179. The molecule has 0 radical (unpaired) electrons. The van der Waals surface area contributed by atoms with Crippen molar-refractivity contribution in [2.24, 2.45) is 5.73 Å². The van der Waals surface area contributed by atoms with E-state index < -0.39 is 5.91 Å². The Kier molecular flexibility index (Phi) is 6.49. The van der Waals surface area contributed by atoms with E-state index >= 15 is 0 Å². The van der Waals surface area contributed by atoms with E-state index in [1.807, 2.05) is 6.92 Å². The van der Waals surface area contributed by atoms with E-state index in [1.165, 1.54) is 6.33 Å². The molecule has 0 spiro atoms. The van der Waals surface area contributed by atoms with Crippen LogP contribution in [0.15, 0.2) is 12.4 Å². The summed E-state index contributed by atoms with van der Waals surface area (Å²) in [5.41, 5.74) is 4.93. The maximum Gasteiger partial charge on any atom is 0.243 e. The van der Waals surface area contributed by atoms with Gasteiger partial charge in [0.1, 0.15) is 18.8 Å². The average molecular weight is 254 g/mol. The molecule has 7 heteroatoms. The summed E-state index contributed by atoms with van der Waals surface area (Å²) in [7, 11) is 0. The number of nitrogens with zero attached hydrogens (tertiary/aromatic N) is 2. The summed E-state index contributed by atoms with van der Waals surface area (Å²) in [5, 5.41) is 3.03. The molecule has 0 bridgehead atoms. The molecule has 100 valence electrons. The van der Waals surface area contributed by atoms with Crippen LogP contribution >= 0.6 is 0 Å². The minimum absolute atomic E-state index is 0.0731. The molecule has 0 saturated carbocycles. The maximum absolute atomic E-state index is 10.4. The molecule has 0 aliphatic heterocycles. The number of hydrogen-bond donors (Lipinski definition) is 2. The Hall–Kier alpha value is -1.89. The lowest BCUT2D eigenvalue weighted by molar-refractivity contribution is -0.122. The van der Waals surface area contributed by atoms with Crippen LogP contribution in [0, 0.1) is 0 Å². The normalized spacial score (nSPS) is 10.1. The second-order valence-corrected chi connectivity index (χ2v) is 3.54. The quantitative estimate of drug-likeness (QED) is 0.610. The Bertz CT molecular complexity index is 373. The number of ether oxygens (including phenoxy) is 2. The third-order valence-electron chi connectivity index (χ3n) is 1.89. The number of nitrogens with one attached hydrogen (secondary N) is 1. The predicted molar refractivity (Wildman–Crippen MR) is 66.3 cm³/mol. The first kappa shape index (κ1) is 14.2. The molecule has 18 heavy (non-hydrogen) atoms. The van der Waals surface area contributed by atoms with Gasteiger partial charge < -0.3 is 20.5 Å². The van der Waals surface area contributed by atoms with Gasteiger partial charge in [0, 0.05) is 12.6 Å². The van der Waals surface area contributed by atoms with Crippen molar-refractivity contribution in [2.45, 2.75) is 13.3 Å². The number of carbonyl (C=O) groups excluding carboxylic acids is 1. The van der Waals surface area contributed by atoms with Gasteiger partial charge in [0.05, 0.1) is 13.2 Å². The number of carbonyl (C=O) groups is 1. The van der Waals surface area contributed by atoms with Crippen LogP contribution < -0.4 is 15.8 Å². The fraction of sp³-hybridized carbons (Fsp3) is 0.545. The van der Waals surface area contributed by atoms with E-state index in [0.29, 0.717) is 31.5 Å². The van der Waals surface area contributed by atoms with Gasteiger partial charge in [-0.1, -0.05) is 6.92 Å². The summed E-state index contributed by atoms with van der Waals surface area (Å²) < 4.78 is 10.4. The summed E-state index contributed by atoms with van der Waals surface area (Å²) in [6.45, 7) is 3.47. The lowest BCUT2D eigenvalue weighted by atomic mass is 10.5. The molecule has 3 N–H and O–H groups in total. The molecule has 1 heterocycles. The van der Waals surface area contributed by atoms with Crippen LogP contribution in [0.4, 0.5) is 5.82 Å². The summed E-state index contributed by atoms with van der Waals surface area (Å²) in [6.07, 6.45) is 2.35. The zero-order valence-electron chi connectivity index (χ0n) is 10.4. The first-order valence-electron chi connectivity index (χ1n) is 5.77. The van der Waals surface area contributed by atoms with E-state index in [-0.39, 0.29) is 6.61 Å². The molecule has 1 aromatic heterocycles. The number of hydrogen-bond acceptors (Lipinski definition) is 6. The molecule has 0 saturated heterocycles. The number of nitrogens with two attached hydrogens (primary N) is 1. The minimum Gasteiger partial charge on any atom is -0.478 e. The van der Waals surface area contributed by atoms with E-state index in [0.717, 1.165) is 6.42 Å². The second kappa shape index (κ2) is 8.24. The highest BCUT2D eigenvalue weighted by atomic mass is 16.5. The minimum atomic E-state index is -0.479. The SMILES string of the molecule is CCCOc1cc(NCCOCC(N)=O)ncn1. The fourth-order valence-corrected chi connectivity index (χ4v) is 1.15. The van der Waals surface area contributed by atoms with Crippen molar-refractivity contribution in [3.05, 3.63) is 12.4 Å². The number of amides is 1. The Morgan fingerprint density at radius 1 is 1.44 bits per heavy atom. The number of primary amides is 1. The molecule has 0 aliphatic rings. The highest BCUT2D eigenvalue weighted by Crippen LogP contribution is 2.10. The zero-order chi connectivity index (χ0) is 13.2. The van der Waals surface area contributed by atoms with E-state index in [1.54, 1.807) is 6.07 Å². The topological polar surface area (TPSA) is 99.4 Å². The Morgan fingerprint density at radius 3 is 3.00 bits per heavy atom. The van der Waals surface area contributed by atoms with Gasteiger partial charge in [-0.05, 0) is 6.42 Å². The average Bonchev–Trinajstić information content (AvgIpc) is 2.36. The standard InChI is InChI=1S/C11H18N4O3/c1-2-4-18-11-6-10(14-8-15-11)13-3-5-17-7-9(12)16/h6,8H,2-5,7H2,1H3,(H2,12,16)(H,13,14,15). The van der Waals surface area contributed by atoms with Crippen molar-refractivity contribution in [3.63, 3.8) is 0 Å². The zero-order valence-corrected chi connectivity index (χ0v) is 10.4. The van der Waals surface area contributed by atoms with Gasteiger partial charge in [0.25, 0.3) is 0 Å². The van der Waals surface area contributed by atoms with Crippen molar-refractivity contribution in [1.29, 1.82) is 0 Å². The van der Waals surface area contributed by atoms with Gasteiger partial charge in [-0.15, -0.1) is 0 Å². The Balaban J connectivity index is 2.26. The van der Waals surface area contributed by atoms with Crippen LogP contribution in [-0.4, -0.2) is 42.2 Å². The van der Waals surface area contributed by atoms with Crippen molar-refractivity contribution in [2.75, 3.05) is 31.7 Å². The molecule has 0 aromatic carbocycles. The van der Waals surface area contributed by atoms with Gasteiger partial charge in [-0.25, -0.2) is 9.97 Å². The van der Waals surface area contributed by atoms with Crippen LogP contribution in [0.2, 0.25) is 0 Å². The van der Waals surface area contributed by atoms with Crippen LogP contribution in [-0.2, 0) is 9.53 Å². The molecular formula is C11H18N4O3. The molecule has 7 nitrogen and oxygen atoms in total. The van der Waals surface area contributed by atoms with Gasteiger partial charge >= 0.3 is 0 Å². The molecule has 1 aromatic rings. The number of rotatable bonds is 9. The molecule has 0 aliphatic carbocycles. The monoisotopic (exact) mass is 254 g/mol. The Morgan fingerprint density at radius 2 is 2.28 bits per heavy atom. The first-order chi connectivity index (χ1) is 8.72. The highest BCUT2D eigenvalue weighted by Gasteiger charge is 1.99.